The van der Waals surface area contributed by atoms with Crippen molar-refractivity contribution in [2.24, 2.45) is 5.84 Å². The van der Waals surface area contributed by atoms with Crippen LogP contribution in [-0.2, 0) is 0 Å². The summed E-state index contributed by atoms with van der Waals surface area (Å²) < 4.78 is 0. The summed E-state index contributed by atoms with van der Waals surface area (Å²) in [6, 6.07) is 1.83. The SMILES string of the molecule is CC/C(Cl)=C\C(=C\Cl)C1(O)CCN(C(=O)c2csc(/C=C/NN)c2)CC1. The number of nitrogens with one attached hydrogen (secondary N) is 1. The lowest BCUT2D eigenvalue weighted by atomic mass is 9.84. The molecule has 0 saturated carbocycles. The molecular formula is C18H23Cl2N3O2S. The van der Waals surface area contributed by atoms with Gasteiger partial charge in [-0.2, -0.15) is 0 Å². The van der Waals surface area contributed by atoms with Crippen molar-refractivity contribution < 1.29 is 9.90 Å². The first-order valence-electron chi connectivity index (χ1n) is 8.33. The maximum Gasteiger partial charge on any atom is 0.254 e. The number of hydrogen-bond donors (Lipinski definition) is 3. The lowest BCUT2D eigenvalue weighted by Gasteiger charge is -2.39. The molecule has 1 aliphatic heterocycles. The van der Waals surface area contributed by atoms with E-state index in [1.54, 1.807) is 23.3 Å². The predicted molar refractivity (Wildman–Crippen MR) is 109 cm³/mol. The van der Waals surface area contributed by atoms with Gasteiger partial charge in [-0.1, -0.05) is 30.1 Å². The third-order valence-electron chi connectivity index (χ3n) is 4.39. The van der Waals surface area contributed by atoms with Gasteiger partial charge in [0.15, 0.2) is 0 Å². The second kappa shape index (κ2) is 9.58. The molecule has 142 valence electrons. The van der Waals surface area contributed by atoms with E-state index in [1.165, 1.54) is 16.9 Å². The van der Waals surface area contributed by atoms with E-state index < -0.39 is 5.60 Å². The van der Waals surface area contributed by atoms with Crippen LogP contribution in [0.2, 0.25) is 0 Å². The molecule has 8 heteroatoms. The summed E-state index contributed by atoms with van der Waals surface area (Å²) in [5.41, 5.74) is 3.97. The molecule has 1 saturated heterocycles. The quantitative estimate of drug-likeness (QED) is 0.375. The molecule has 1 aromatic rings. The zero-order valence-electron chi connectivity index (χ0n) is 14.5. The lowest BCUT2D eigenvalue weighted by Crippen LogP contribution is -2.47. The average molecular weight is 416 g/mol. The Hall–Kier alpha value is -1.31. The molecular weight excluding hydrogens is 393 g/mol. The summed E-state index contributed by atoms with van der Waals surface area (Å²) in [5.74, 6) is 5.16. The molecule has 2 rings (SSSR count). The topological polar surface area (TPSA) is 78.6 Å². The highest BCUT2D eigenvalue weighted by molar-refractivity contribution is 7.11. The van der Waals surface area contributed by atoms with Gasteiger partial charge in [-0.15, -0.1) is 11.3 Å². The van der Waals surface area contributed by atoms with Crippen LogP contribution < -0.4 is 11.3 Å². The van der Waals surface area contributed by atoms with Crippen molar-refractivity contribution in [3.05, 3.63) is 50.3 Å². The van der Waals surface area contributed by atoms with Crippen molar-refractivity contribution in [2.45, 2.75) is 31.8 Å². The Labute approximate surface area is 167 Å². The molecule has 0 spiro atoms. The van der Waals surface area contributed by atoms with Gasteiger partial charge in [-0.05, 0) is 43.1 Å². The number of piperidine rings is 1. The first-order chi connectivity index (χ1) is 12.4. The molecule has 0 unspecified atom stereocenters. The van der Waals surface area contributed by atoms with E-state index in [2.05, 4.69) is 5.43 Å². The van der Waals surface area contributed by atoms with Crippen molar-refractivity contribution in [1.29, 1.82) is 0 Å². The van der Waals surface area contributed by atoms with E-state index in [0.717, 1.165) is 4.88 Å². The Balaban J connectivity index is 2.04. The number of hydrazine groups is 1. The minimum absolute atomic E-state index is 0.0396. The van der Waals surface area contributed by atoms with Gasteiger partial charge in [0.1, 0.15) is 0 Å². The van der Waals surface area contributed by atoms with E-state index >= 15 is 0 Å². The number of thiophene rings is 1. The summed E-state index contributed by atoms with van der Waals surface area (Å²) in [7, 11) is 0. The second-order valence-corrected chi connectivity index (χ2v) is 7.72. The maximum absolute atomic E-state index is 12.7. The van der Waals surface area contributed by atoms with Crippen molar-refractivity contribution >= 4 is 46.5 Å². The monoisotopic (exact) mass is 415 g/mol. The molecule has 0 bridgehead atoms. The molecule has 26 heavy (non-hydrogen) atoms. The molecule has 4 N–H and O–H groups in total. The summed E-state index contributed by atoms with van der Waals surface area (Å²) >= 11 is 13.5. The van der Waals surface area contributed by atoms with Crippen molar-refractivity contribution in [1.82, 2.24) is 10.3 Å². The molecule has 5 nitrogen and oxygen atoms in total. The zero-order chi connectivity index (χ0) is 19.2. The molecule has 0 aliphatic carbocycles. The Kier molecular flexibility index (Phi) is 7.73. The van der Waals surface area contributed by atoms with E-state index in [0.29, 0.717) is 48.5 Å². The minimum Gasteiger partial charge on any atom is -0.385 e. The number of aliphatic hydroxyl groups is 1. The Morgan fingerprint density at radius 3 is 2.77 bits per heavy atom. The molecule has 1 aliphatic rings. The highest BCUT2D eigenvalue weighted by Crippen LogP contribution is 2.33. The van der Waals surface area contributed by atoms with Crippen molar-refractivity contribution in [2.75, 3.05) is 13.1 Å². The van der Waals surface area contributed by atoms with E-state index in [4.69, 9.17) is 29.0 Å². The zero-order valence-corrected chi connectivity index (χ0v) is 16.9. The molecule has 1 aromatic heterocycles. The van der Waals surface area contributed by atoms with Gasteiger partial charge in [-0.3, -0.25) is 10.6 Å². The summed E-state index contributed by atoms with van der Waals surface area (Å²) in [6.07, 6.45) is 6.62. The number of likely N-dealkylation sites (tertiary alicyclic amines) is 1. The number of allylic oxidation sites excluding steroid dienone is 1. The third-order valence-corrected chi connectivity index (χ3v) is 5.90. The molecule has 1 amide bonds. The first kappa shape index (κ1) is 21.0. The largest absolute Gasteiger partial charge is 0.385 e. The van der Waals surface area contributed by atoms with Gasteiger partial charge in [0.2, 0.25) is 0 Å². The third kappa shape index (κ3) is 5.11. The number of halogens is 2. The summed E-state index contributed by atoms with van der Waals surface area (Å²) in [5, 5.41) is 13.4. The highest BCUT2D eigenvalue weighted by atomic mass is 35.5. The Bertz CT molecular complexity index is 720. The first-order valence-corrected chi connectivity index (χ1v) is 10.0. The predicted octanol–water partition coefficient (Wildman–Crippen LogP) is 3.80. The summed E-state index contributed by atoms with van der Waals surface area (Å²) in [4.78, 5) is 15.4. The standard InChI is InChI=1S/C18H23Cl2N3O2S/c1-2-15(20)10-14(11-19)18(25)4-7-23(8-5-18)17(24)13-9-16(26-12-13)3-6-22-21/h3,6,9-12,22,25H,2,4-5,7-8,21H2,1H3/b6-3+,14-11-,15-10+. The smallest absolute Gasteiger partial charge is 0.254 e. The van der Waals surface area contributed by atoms with Crippen molar-refractivity contribution in [3.8, 4) is 0 Å². The average Bonchev–Trinajstić information content (AvgIpc) is 3.13. The van der Waals surface area contributed by atoms with Gasteiger partial charge in [-0.25, -0.2) is 0 Å². The number of amides is 1. The second-order valence-electron chi connectivity index (χ2n) is 6.07. The molecule has 1 fully saturated rings. The molecule has 0 atom stereocenters. The fourth-order valence-corrected chi connectivity index (χ4v) is 3.93. The molecule has 2 heterocycles. The molecule has 0 aromatic carbocycles. The number of nitrogens with two attached hydrogens (primary N) is 1. The van der Waals surface area contributed by atoms with Gasteiger partial charge in [0.05, 0.1) is 11.2 Å². The van der Waals surface area contributed by atoms with Crippen LogP contribution >= 0.6 is 34.5 Å². The van der Waals surface area contributed by atoms with Crippen LogP contribution in [0.3, 0.4) is 0 Å². The number of nitrogens with zero attached hydrogens (tertiary/aromatic N) is 1. The van der Waals surface area contributed by atoms with E-state index in [1.807, 2.05) is 18.4 Å². The highest BCUT2D eigenvalue weighted by Gasteiger charge is 2.36. The number of carbonyl (C=O) groups is 1. The fraction of sp³-hybridized carbons (Fsp3) is 0.389. The van der Waals surface area contributed by atoms with Crippen LogP contribution in [0.1, 0.15) is 41.4 Å². The van der Waals surface area contributed by atoms with Crippen LogP contribution in [0.5, 0.6) is 0 Å². The number of rotatable bonds is 6. The fourth-order valence-electron chi connectivity index (χ4n) is 2.77. The van der Waals surface area contributed by atoms with Gasteiger partial charge in [0, 0.05) is 40.1 Å². The van der Waals surface area contributed by atoms with E-state index in [9.17, 15) is 9.90 Å². The van der Waals surface area contributed by atoms with Crippen LogP contribution in [0, 0.1) is 0 Å². The van der Waals surface area contributed by atoms with Crippen LogP contribution in [0.4, 0.5) is 0 Å². The Morgan fingerprint density at radius 2 is 2.19 bits per heavy atom. The molecule has 0 radical (unpaired) electrons. The van der Waals surface area contributed by atoms with Crippen LogP contribution in [0.25, 0.3) is 6.08 Å². The van der Waals surface area contributed by atoms with Gasteiger partial charge in [0.25, 0.3) is 5.91 Å². The van der Waals surface area contributed by atoms with Crippen LogP contribution in [0.15, 0.2) is 39.9 Å². The van der Waals surface area contributed by atoms with Crippen molar-refractivity contribution in [3.63, 3.8) is 0 Å². The number of carbonyl (C=O) groups excluding carboxylic acids is 1. The van der Waals surface area contributed by atoms with Gasteiger partial charge >= 0.3 is 0 Å². The maximum atomic E-state index is 12.7. The normalized spacial score (nSPS) is 18.4. The lowest BCUT2D eigenvalue weighted by molar-refractivity contribution is 0.0132. The van der Waals surface area contributed by atoms with Gasteiger partial charge < -0.3 is 15.4 Å². The summed E-state index contributed by atoms with van der Waals surface area (Å²) in [6.45, 7) is 2.84. The minimum atomic E-state index is -1.07. The number of hydrogen-bond acceptors (Lipinski definition) is 5. The van der Waals surface area contributed by atoms with E-state index in [-0.39, 0.29) is 5.91 Å². The van der Waals surface area contributed by atoms with Crippen LogP contribution in [-0.4, -0.2) is 34.6 Å². The Morgan fingerprint density at radius 1 is 1.50 bits per heavy atom.